The van der Waals surface area contributed by atoms with Crippen molar-refractivity contribution in [2.75, 3.05) is 13.1 Å². The predicted octanol–water partition coefficient (Wildman–Crippen LogP) is 2.78. The van der Waals surface area contributed by atoms with Crippen LogP contribution in [0.25, 0.3) is 0 Å². The van der Waals surface area contributed by atoms with Gasteiger partial charge < -0.3 is 11.1 Å². The fraction of sp³-hybridized carbons (Fsp3) is 0.545. The van der Waals surface area contributed by atoms with Gasteiger partial charge in [-0.15, -0.1) is 35.3 Å². The Morgan fingerprint density at radius 2 is 2.38 bits per heavy atom. The third-order valence-corrected chi connectivity index (χ3v) is 3.22. The lowest BCUT2D eigenvalue weighted by Crippen LogP contribution is -2.32. The Morgan fingerprint density at radius 3 is 2.94 bits per heavy atom. The van der Waals surface area contributed by atoms with E-state index in [1.807, 2.05) is 0 Å². The van der Waals surface area contributed by atoms with Crippen molar-refractivity contribution in [3.63, 3.8) is 0 Å². The number of nitrogens with zero attached hydrogens (tertiary/aromatic N) is 1. The molecule has 1 atom stereocenters. The molecule has 0 bridgehead atoms. The number of hydrogen-bond acceptors (Lipinski definition) is 2. The summed E-state index contributed by atoms with van der Waals surface area (Å²) in [5.74, 6) is 1.01. The summed E-state index contributed by atoms with van der Waals surface area (Å²) < 4.78 is 0. The van der Waals surface area contributed by atoms with Gasteiger partial charge in [-0.2, -0.15) is 0 Å². The van der Waals surface area contributed by atoms with Crippen molar-refractivity contribution < 1.29 is 0 Å². The molecule has 1 aromatic rings. The zero-order valence-corrected chi connectivity index (χ0v) is 12.9. The molecule has 0 saturated heterocycles. The average Bonchev–Trinajstić information content (AvgIpc) is 2.76. The normalized spacial score (nSPS) is 13.0. The number of nitrogens with two attached hydrogens (primary N) is 1. The molecule has 5 heteroatoms. The highest BCUT2D eigenvalue weighted by Gasteiger charge is 2.05. The maximum atomic E-state index is 5.70. The van der Waals surface area contributed by atoms with Crippen molar-refractivity contribution in [3.05, 3.63) is 22.4 Å². The summed E-state index contributed by atoms with van der Waals surface area (Å²) in [6.45, 7) is 5.92. The van der Waals surface area contributed by atoms with E-state index in [1.165, 1.54) is 4.88 Å². The molecular formula is C11H20IN3S. The van der Waals surface area contributed by atoms with Crippen LogP contribution in [0.4, 0.5) is 0 Å². The van der Waals surface area contributed by atoms with Gasteiger partial charge in [-0.05, 0) is 17.9 Å². The predicted molar refractivity (Wildman–Crippen MR) is 82.9 cm³/mol. The summed E-state index contributed by atoms with van der Waals surface area (Å²) in [5.41, 5.74) is 5.70. The van der Waals surface area contributed by atoms with Crippen LogP contribution < -0.4 is 11.1 Å². The molecule has 3 nitrogen and oxygen atoms in total. The van der Waals surface area contributed by atoms with Crippen molar-refractivity contribution in [1.29, 1.82) is 0 Å². The van der Waals surface area contributed by atoms with Crippen LogP contribution in [0.5, 0.6) is 0 Å². The van der Waals surface area contributed by atoms with Gasteiger partial charge >= 0.3 is 0 Å². The molecule has 0 aliphatic carbocycles. The molecular weight excluding hydrogens is 333 g/mol. The third kappa shape index (κ3) is 5.69. The number of nitrogens with one attached hydrogen (secondary N) is 1. The van der Waals surface area contributed by atoms with Crippen LogP contribution in [0.15, 0.2) is 22.5 Å². The molecule has 16 heavy (non-hydrogen) atoms. The molecule has 0 saturated carbocycles. The third-order valence-electron chi connectivity index (χ3n) is 2.12. The zero-order valence-electron chi connectivity index (χ0n) is 9.77. The first kappa shape index (κ1) is 15.7. The largest absolute Gasteiger partial charge is 0.370 e. The molecule has 0 radical (unpaired) electrons. The molecule has 1 heterocycles. The first-order valence-electron chi connectivity index (χ1n) is 5.31. The molecule has 0 amide bonds. The highest BCUT2D eigenvalue weighted by Crippen LogP contribution is 2.20. The number of aliphatic imine (C=N–C) groups is 1. The zero-order chi connectivity index (χ0) is 11.1. The summed E-state index contributed by atoms with van der Waals surface area (Å²) >= 11 is 1.77. The van der Waals surface area contributed by atoms with E-state index in [0.29, 0.717) is 11.9 Å². The summed E-state index contributed by atoms with van der Waals surface area (Å²) in [7, 11) is 0. The number of halogens is 1. The highest BCUT2D eigenvalue weighted by molar-refractivity contribution is 14.0. The standard InChI is InChI=1S/C11H19N3S.HI/c1-3-6-13-11(12)14-8-9(2)10-5-4-7-15-10;/h4-5,7,9H,3,6,8H2,1-2H3,(H3,12,13,14);1H. The van der Waals surface area contributed by atoms with Crippen LogP contribution in [0.1, 0.15) is 31.1 Å². The Labute approximate surface area is 119 Å². The van der Waals surface area contributed by atoms with E-state index >= 15 is 0 Å². The molecule has 1 aromatic heterocycles. The first-order valence-corrected chi connectivity index (χ1v) is 6.19. The van der Waals surface area contributed by atoms with Gasteiger partial charge in [-0.3, -0.25) is 4.99 Å². The molecule has 0 fully saturated rings. The van der Waals surface area contributed by atoms with Gasteiger partial charge in [0.25, 0.3) is 0 Å². The summed E-state index contributed by atoms with van der Waals surface area (Å²) in [5, 5.41) is 5.16. The topological polar surface area (TPSA) is 50.4 Å². The summed E-state index contributed by atoms with van der Waals surface area (Å²) in [4.78, 5) is 5.67. The Balaban J connectivity index is 0.00000225. The van der Waals surface area contributed by atoms with Crippen molar-refractivity contribution in [2.24, 2.45) is 10.7 Å². The Kier molecular flexibility index (Phi) is 8.64. The average molecular weight is 353 g/mol. The van der Waals surface area contributed by atoms with E-state index in [2.05, 4.69) is 41.7 Å². The second-order valence-electron chi connectivity index (χ2n) is 3.57. The minimum absolute atomic E-state index is 0. The van der Waals surface area contributed by atoms with E-state index in [1.54, 1.807) is 11.3 Å². The number of thiophene rings is 1. The lowest BCUT2D eigenvalue weighted by Gasteiger charge is -2.07. The molecule has 1 rings (SSSR count). The summed E-state index contributed by atoms with van der Waals surface area (Å²) in [6.07, 6.45) is 1.07. The van der Waals surface area contributed by atoms with Crippen LogP contribution >= 0.6 is 35.3 Å². The van der Waals surface area contributed by atoms with Gasteiger partial charge in [0.05, 0.1) is 6.54 Å². The SMILES string of the molecule is CCCNC(N)=NCC(C)c1cccs1.I. The molecule has 0 aromatic carbocycles. The van der Waals surface area contributed by atoms with Crippen LogP contribution in [0, 0.1) is 0 Å². The van der Waals surface area contributed by atoms with Gasteiger partial charge in [0.15, 0.2) is 5.96 Å². The quantitative estimate of drug-likeness (QED) is 0.486. The lowest BCUT2D eigenvalue weighted by atomic mass is 10.1. The first-order chi connectivity index (χ1) is 7.24. The molecule has 1 unspecified atom stereocenters. The van der Waals surface area contributed by atoms with Crippen LogP contribution in [-0.4, -0.2) is 19.0 Å². The molecule has 0 aliphatic rings. The lowest BCUT2D eigenvalue weighted by molar-refractivity contribution is 0.771. The smallest absolute Gasteiger partial charge is 0.188 e. The molecule has 0 spiro atoms. The van der Waals surface area contributed by atoms with Crippen LogP contribution in [-0.2, 0) is 0 Å². The van der Waals surface area contributed by atoms with Crippen LogP contribution in [0.2, 0.25) is 0 Å². The van der Waals surface area contributed by atoms with Crippen molar-refractivity contribution in [2.45, 2.75) is 26.2 Å². The minimum Gasteiger partial charge on any atom is -0.370 e. The van der Waals surface area contributed by atoms with Crippen molar-refractivity contribution in [1.82, 2.24) is 5.32 Å². The van der Waals surface area contributed by atoms with E-state index in [9.17, 15) is 0 Å². The fourth-order valence-corrected chi connectivity index (χ4v) is 1.98. The van der Waals surface area contributed by atoms with E-state index in [0.717, 1.165) is 19.5 Å². The van der Waals surface area contributed by atoms with Crippen molar-refractivity contribution >= 4 is 41.3 Å². The molecule has 3 N–H and O–H groups in total. The molecule has 0 aliphatic heterocycles. The molecule has 92 valence electrons. The van der Waals surface area contributed by atoms with Crippen LogP contribution in [0.3, 0.4) is 0 Å². The number of rotatable bonds is 5. The van der Waals surface area contributed by atoms with E-state index in [4.69, 9.17) is 5.73 Å². The van der Waals surface area contributed by atoms with E-state index < -0.39 is 0 Å². The highest BCUT2D eigenvalue weighted by atomic mass is 127. The van der Waals surface area contributed by atoms with Gasteiger partial charge in [-0.1, -0.05) is 19.9 Å². The van der Waals surface area contributed by atoms with Gasteiger partial charge in [0.1, 0.15) is 0 Å². The van der Waals surface area contributed by atoms with Crippen molar-refractivity contribution in [3.8, 4) is 0 Å². The Hall–Kier alpha value is -0.300. The second kappa shape index (κ2) is 8.81. The fourth-order valence-electron chi connectivity index (χ4n) is 1.21. The van der Waals surface area contributed by atoms with Gasteiger partial charge in [0.2, 0.25) is 0 Å². The van der Waals surface area contributed by atoms with Gasteiger partial charge in [0, 0.05) is 17.3 Å². The van der Waals surface area contributed by atoms with E-state index in [-0.39, 0.29) is 24.0 Å². The number of hydrogen-bond donors (Lipinski definition) is 2. The second-order valence-corrected chi connectivity index (χ2v) is 4.55. The number of guanidine groups is 1. The Morgan fingerprint density at radius 1 is 1.62 bits per heavy atom. The van der Waals surface area contributed by atoms with Gasteiger partial charge in [-0.25, -0.2) is 0 Å². The maximum absolute atomic E-state index is 5.70. The maximum Gasteiger partial charge on any atom is 0.188 e. The summed E-state index contributed by atoms with van der Waals surface area (Å²) in [6, 6.07) is 4.21. The monoisotopic (exact) mass is 353 g/mol. The minimum atomic E-state index is 0. The Bertz CT molecular complexity index is 298.